The van der Waals surface area contributed by atoms with Crippen LogP contribution in [0.3, 0.4) is 0 Å². The van der Waals surface area contributed by atoms with E-state index in [2.05, 4.69) is 15.2 Å². The van der Waals surface area contributed by atoms with Gasteiger partial charge in [-0.2, -0.15) is 0 Å². The summed E-state index contributed by atoms with van der Waals surface area (Å²) in [5.41, 5.74) is 0.927. The second-order valence-electron chi connectivity index (χ2n) is 6.61. The van der Waals surface area contributed by atoms with E-state index in [0.717, 1.165) is 44.1 Å². The fourth-order valence-electron chi connectivity index (χ4n) is 3.52. The van der Waals surface area contributed by atoms with Gasteiger partial charge in [-0.3, -0.25) is 4.99 Å². The average Bonchev–Trinajstić information content (AvgIpc) is 3.21. The maximum Gasteiger partial charge on any atom is 0.193 e. The molecule has 3 atom stereocenters. The van der Waals surface area contributed by atoms with Crippen molar-refractivity contribution in [2.24, 2.45) is 4.99 Å². The highest BCUT2D eigenvalue weighted by Gasteiger charge is 2.32. The van der Waals surface area contributed by atoms with Crippen LogP contribution in [0.4, 0.5) is 4.39 Å². The second kappa shape index (κ2) is 11.1. The Labute approximate surface area is 177 Å². The van der Waals surface area contributed by atoms with Crippen molar-refractivity contribution in [2.75, 3.05) is 47.0 Å². The van der Waals surface area contributed by atoms with Gasteiger partial charge in [-0.25, -0.2) is 4.39 Å². The molecule has 6 nitrogen and oxygen atoms in total. The number of halogens is 2. The molecule has 2 fully saturated rings. The van der Waals surface area contributed by atoms with Crippen LogP contribution in [0, 0.1) is 5.82 Å². The third kappa shape index (κ3) is 6.00. The summed E-state index contributed by atoms with van der Waals surface area (Å²) in [5.74, 6) is 0.571. The summed E-state index contributed by atoms with van der Waals surface area (Å²) in [6, 6.07) is 6.39. The predicted molar refractivity (Wildman–Crippen MR) is 113 cm³/mol. The van der Waals surface area contributed by atoms with E-state index in [-0.39, 0.29) is 48.1 Å². The summed E-state index contributed by atoms with van der Waals surface area (Å²) in [5, 5.41) is 3.38. The topological polar surface area (TPSA) is 55.3 Å². The summed E-state index contributed by atoms with van der Waals surface area (Å²) < 4.78 is 30.4. The second-order valence-corrected chi connectivity index (χ2v) is 6.61. The predicted octanol–water partition coefficient (Wildman–Crippen LogP) is 2.59. The number of rotatable bonds is 5. The third-order valence-corrected chi connectivity index (χ3v) is 4.96. The first-order valence-electron chi connectivity index (χ1n) is 9.18. The summed E-state index contributed by atoms with van der Waals surface area (Å²) in [6.07, 6.45) is 2.25. The lowest BCUT2D eigenvalue weighted by atomic mass is 10.1. The molecule has 152 valence electrons. The molecule has 0 radical (unpaired) electrons. The molecule has 3 unspecified atom stereocenters. The molecule has 2 aliphatic rings. The molecule has 8 heteroatoms. The van der Waals surface area contributed by atoms with Gasteiger partial charge in [0.25, 0.3) is 0 Å². The molecule has 1 aromatic carbocycles. The first-order chi connectivity index (χ1) is 12.7. The number of nitrogens with zero attached hydrogens (tertiary/aromatic N) is 2. The molecular formula is C19H29FIN3O3. The molecule has 0 spiro atoms. The summed E-state index contributed by atoms with van der Waals surface area (Å²) in [7, 11) is 3.43. The molecule has 0 aromatic heterocycles. The number of benzene rings is 1. The van der Waals surface area contributed by atoms with E-state index in [1.54, 1.807) is 26.3 Å². The van der Waals surface area contributed by atoms with E-state index in [0.29, 0.717) is 13.2 Å². The van der Waals surface area contributed by atoms with Crippen molar-refractivity contribution in [3.63, 3.8) is 0 Å². The van der Waals surface area contributed by atoms with Gasteiger partial charge in [-0.15, -0.1) is 24.0 Å². The molecule has 2 saturated heterocycles. The van der Waals surface area contributed by atoms with Gasteiger partial charge in [0.15, 0.2) is 5.96 Å². The van der Waals surface area contributed by atoms with Crippen LogP contribution in [0.25, 0.3) is 0 Å². The summed E-state index contributed by atoms with van der Waals surface area (Å²) >= 11 is 0. The quantitative estimate of drug-likeness (QED) is 0.389. The minimum atomic E-state index is -0.249. The number of morpholine rings is 1. The maximum atomic E-state index is 13.1. The largest absolute Gasteiger partial charge is 0.375 e. The van der Waals surface area contributed by atoms with Crippen molar-refractivity contribution in [3.05, 3.63) is 35.6 Å². The monoisotopic (exact) mass is 493 g/mol. The Bertz CT molecular complexity index is 596. The number of guanidine groups is 1. The Kier molecular flexibility index (Phi) is 9.20. The molecule has 0 aliphatic carbocycles. The van der Waals surface area contributed by atoms with E-state index in [9.17, 15) is 4.39 Å². The number of methoxy groups -OCH3 is 1. The fraction of sp³-hybridized carbons (Fsp3) is 0.632. The van der Waals surface area contributed by atoms with E-state index in [1.165, 1.54) is 12.1 Å². The average molecular weight is 493 g/mol. The maximum absolute atomic E-state index is 13.1. The van der Waals surface area contributed by atoms with Gasteiger partial charge in [-0.1, -0.05) is 12.1 Å². The van der Waals surface area contributed by atoms with Gasteiger partial charge >= 0.3 is 0 Å². The first kappa shape index (κ1) is 22.3. The van der Waals surface area contributed by atoms with Crippen molar-refractivity contribution in [1.29, 1.82) is 0 Å². The third-order valence-electron chi connectivity index (χ3n) is 4.96. The standard InChI is InChI=1S/C19H28FN3O3.HI/c1-21-19(22-12-17(24-2)14-5-7-15(20)8-6-14)23-9-11-26-18(13-23)16-4-3-10-25-16;/h5-8,16-18H,3-4,9-13H2,1-2H3,(H,21,22);1H. The van der Waals surface area contributed by atoms with Crippen LogP contribution in [0.1, 0.15) is 24.5 Å². The SMILES string of the molecule is CN=C(NCC(OC)c1ccc(F)cc1)N1CCOC(C2CCCO2)C1.I. The zero-order valence-electron chi connectivity index (χ0n) is 15.9. The molecule has 27 heavy (non-hydrogen) atoms. The van der Waals surface area contributed by atoms with Gasteiger partial charge in [0.05, 0.1) is 18.8 Å². The van der Waals surface area contributed by atoms with Crippen molar-refractivity contribution >= 4 is 29.9 Å². The Morgan fingerprint density at radius 3 is 2.67 bits per heavy atom. The van der Waals surface area contributed by atoms with Crippen molar-refractivity contribution in [3.8, 4) is 0 Å². The molecule has 2 heterocycles. The van der Waals surface area contributed by atoms with Crippen LogP contribution < -0.4 is 5.32 Å². The number of hydrogen-bond acceptors (Lipinski definition) is 4. The van der Waals surface area contributed by atoms with Crippen LogP contribution in [-0.2, 0) is 14.2 Å². The zero-order valence-corrected chi connectivity index (χ0v) is 18.2. The van der Waals surface area contributed by atoms with E-state index in [4.69, 9.17) is 14.2 Å². The van der Waals surface area contributed by atoms with E-state index < -0.39 is 0 Å². The summed E-state index contributed by atoms with van der Waals surface area (Å²) in [4.78, 5) is 6.61. The van der Waals surface area contributed by atoms with Crippen LogP contribution in [0.2, 0.25) is 0 Å². The van der Waals surface area contributed by atoms with Crippen molar-refractivity contribution < 1.29 is 18.6 Å². The molecule has 2 aliphatic heterocycles. The highest BCUT2D eigenvalue weighted by Crippen LogP contribution is 2.21. The minimum absolute atomic E-state index is 0. The molecule has 0 saturated carbocycles. The van der Waals surface area contributed by atoms with E-state index in [1.807, 2.05) is 0 Å². The normalized spacial score (nSPS) is 24.4. The van der Waals surface area contributed by atoms with E-state index >= 15 is 0 Å². The van der Waals surface area contributed by atoms with Gasteiger partial charge in [0.1, 0.15) is 11.9 Å². The van der Waals surface area contributed by atoms with Crippen molar-refractivity contribution in [1.82, 2.24) is 10.2 Å². The first-order valence-corrected chi connectivity index (χ1v) is 9.18. The highest BCUT2D eigenvalue weighted by molar-refractivity contribution is 14.0. The molecule has 1 aromatic rings. The van der Waals surface area contributed by atoms with Gasteiger partial charge in [0, 0.05) is 40.4 Å². The lowest BCUT2D eigenvalue weighted by molar-refractivity contribution is -0.0817. The fourth-order valence-corrected chi connectivity index (χ4v) is 3.52. The van der Waals surface area contributed by atoms with Gasteiger partial charge in [-0.05, 0) is 30.5 Å². The Morgan fingerprint density at radius 2 is 2.04 bits per heavy atom. The molecule has 3 rings (SSSR count). The number of nitrogens with one attached hydrogen (secondary N) is 1. The lowest BCUT2D eigenvalue weighted by Crippen LogP contribution is -2.53. The van der Waals surface area contributed by atoms with Crippen LogP contribution in [0.5, 0.6) is 0 Å². The zero-order chi connectivity index (χ0) is 18.4. The number of ether oxygens (including phenoxy) is 3. The Morgan fingerprint density at radius 1 is 1.30 bits per heavy atom. The lowest BCUT2D eigenvalue weighted by Gasteiger charge is -2.37. The van der Waals surface area contributed by atoms with Gasteiger partial charge < -0.3 is 24.4 Å². The van der Waals surface area contributed by atoms with Crippen LogP contribution in [0.15, 0.2) is 29.3 Å². The molecule has 0 amide bonds. The molecule has 1 N–H and O–H groups in total. The Balaban J connectivity index is 0.00000261. The Hall–Kier alpha value is -0.970. The minimum Gasteiger partial charge on any atom is -0.375 e. The number of hydrogen-bond donors (Lipinski definition) is 1. The summed E-state index contributed by atoms with van der Waals surface area (Å²) in [6.45, 7) is 3.59. The molecular weight excluding hydrogens is 464 g/mol. The van der Waals surface area contributed by atoms with Crippen molar-refractivity contribution in [2.45, 2.75) is 31.2 Å². The van der Waals surface area contributed by atoms with Crippen LogP contribution in [-0.4, -0.2) is 70.1 Å². The number of aliphatic imine (C=N–C) groups is 1. The van der Waals surface area contributed by atoms with Gasteiger partial charge in [0.2, 0.25) is 0 Å². The van der Waals surface area contributed by atoms with Crippen LogP contribution >= 0.6 is 24.0 Å². The smallest absolute Gasteiger partial charge is 0.193 e. The molecule has 0 bridgehead atoms. The highest BCUT2D eigenvalue weighted by atomic mass is 127.